The van der Waals surface area contributed by atoms with E-state index in [9.17, 15) is 13.2 Å². The smallest absolute Gasteiger partial charge is 0.239 e. The highest BCUT2D eigenvalue weighted by molar-refractivity contribution is 9.10. The topological polar surface area (TPSA) is 84.5 Å². The van der Waals surface area contributed by atoms with E-state index in [1.807, 2.05) is 0 Å². The summed E-state index contributed by atoms with van der Waals surface area (Å²) in [4.78, 5) is 11.9. The second kappa shape index (κ2) is 8.27. The third-order valence-corrected chi connectivity index (χ3v) is 4.90. The molecule has 0 saturated carbocycles. The van der Waals surface area contributed by atoms with E-state index in [-0.39, 0.29) is 12.3 Å². The van der Waals surface area contributed by atoms with Crippen LogP contribution in [0.3, 0.4) is 0 Å². The lowest BCUT2D eigenvalue weighted by molar-refractivity contribution is -0.115. The molecule has 0 heterocycles. The van der Waals surface area contributed by atoms with Crippen molar-refractivity contribution in [3.63, 3.8) is 0 Å². The molecule has 8 heteroatoms. The quantitative estimate of drug-likeness (QED) is 0.731. The first-order valence-electron chi connectivity index (χ1n) is 7.04. The van der Waals surface area contributed by atoms with Crippen LogP contribution in [0.5, 0.6) is 5.75 Å². The predicted octanol–water partition coefficient (Wildman–Crippen LogP) is 2.52. The van der Waals surface area contributed by atoms with E-state index >= 15 is 0 Å². The first kappa shape index (κ1) is 18.4. The van der Waals surface area contributed by atoms with Crippen molar-refractivity contribution in [2.45, 2.75) is 5.75 Å². The van der Waals surface area contributed by atoms with Crippen LogP contribution in [0.4, 0.5) is 5.69 Å². The maximum atomic E-state index is 12.0. The SMILES string of the molecule is COc1cccc(NC(=O)CNS(=O)(=O)Cc2ccc(Br)cc2)c1. The molecule has 1 amide bonds. The number of methoxy groups -OCH3 is 1. The highest BCUT2D eigenvalue weighted by Crippen LogP contribution is 2.16. The predicted molar refractivity (Wildman–Crippen MR) is 96.4 cm³/mol. The number of ether oxygens (including phenoxy) is 1. The third kappa shape index (κ3) is 5.95. The summed E-state index contributed by atoms with van der Waals surface area (Å²) in [6.07, 6.45) is 0. The van der Waals surface area contributed by atoms with E-state index in [1.165, 1.54) is 7.11 Å². The number of anilines is 1. The molecule has 0 radical (unpaired) electrons. The molecule has 0 aliphatic carbocycles. The zero-order valence-corrected chi connectivity index (χ0v) is 15.4. The Morgan fingerprint density at radius 1 is 1.17 bits per heavy atom. The van der Waals surface area contributed by atoms with Gasteiger partial charge in [0.25, 0.3) is 0 Å². The summed E-state index contributed by atoms with van der Waals surface area (Å²) in [5, 5.41) is 2.61. The van der Waals surface area contributed by atoms with Crippen molar-refractivity contribution in [2.75, 3.05) is 19.0 Å². The van der Waals surface area contributed by atoms with E-state index in [0.717, 1.165) is 4.47 Å². The number of rotatable bonds is 7. The second-order valence-corrected chi connectivity index (χ2v) is 7.71. The van der Waals surface area contributed by atoms with Gasteiger partial charge in [-0.25, -0.2) is 13.1 Å². The highest BCUT2D eigenvalue weighted by atomic mass is 79.9. The van der Waals surface area contributed by atoms with Crippen LogP contribution in [0.15, 0.2) is 53.0 Å². The average Bonchev–Trinajstić information content (AvgIpc) is 2.55. The molecule has 2 aromatic carbocycles. The molecule has 0 aliphatic heterocycles. The van der Waals surface area contributed by atoms with Crippen molar-refractivity contribution in [3.8, 4) is 5.75 Å². The molecule has 6 nitrogen and oxygen atoms in total. The van der Waals surface area contributed by atoms with Gasteiger partial charge in [0.05, 0.1) is 19.4 Å². The molecular formula is C16H17BrN2O4S. The van der Waals surface area contributed by atoms with Crippen molar-refractivity contribution < 1.29 is 17.9 Å². The molecule has 2 N–H and O–H groups in total. The lowest BCUT2D eigenvalue weighted by Gasteiger charge is -2.09. The van der Waals surface area contributed by atoms with E-state index in [2.05, 4.69) is 26.0 Å². The Kier molecular flexibility index (Phi) is 6.36. The van der Waals surface area contributed by atoms with Crippen LogP contribution >= 0.6 is 15.9 Å². The van der Waals surface area contributed by atoms with Crippen LogP contribution in [-0.4, -0.2) is 28.0 Å². The van der Waals surface area contributed by atoms with Gasteiger partial charge in [0.15, 0.2) is 0 Å². The van der Waals surface area contributed by atoms with Crippen molar-refractivity contribution in [3.05, 3.63) is 58.6 Å². The van der Waals surface area contributed by atoms with Gasteiger partial charge in [-0.3, -0.25) is 4.79 Å². The Hall–Kier alpha value is -1.90. The molecule has 2 aromatic rings. The standard InChI is InChI=1S/C16H17BrN2O4S/c1-23-15-4-2-3-14(9-15)19-16(20)10-18-24(21,22)11-12-5-7-13(17)8-6-12/h2-9,18H,10-11H2,1H3,(H,19,20). The fraction of sp³-hybridized carbons (Fsp3) is 0.188. The van der Waals surface area contributed by atoms with Gasteiger partial charge < -0.3 is 10.1 Å². The molecule has 0 bridgehead atoms. The lowest BCUT2D eigenvalue weighted by Crippen LogP contribution is -2.33. The second-order valence-electron chi connectivity index (χ2n) is 4.99. The minimum atomic E-state index is -3.60. The number of nitrogens with one attached hydrogen (secondary N) is 2. The third-order valence-electron chi connectivity index (χ3n) is 3.08. The zero-order valence-electron chi connectivity index (χ0n) is 13.0. The van der Waals surface area contributed by atoms with Crippen LogP contribution in [0, 0.1) is 0 Å². The van der Waals surface area contributed by atoms with E-state index in [4.69, 9.17) is 4.74 Å². The van der Waals surface area contributed by atoms with Crippen LogP contribution in [0.1, 0.15) is 5.56 Å². The average molecular weight is 413 g/mol. The van der Waals surface area contributed by atoms with Gasteiger partial charge in [-0.2, -0.15) is 0 Å². The molecular weight excluding hydrogens is 396 g/mol. The Balaban J connectivity index is 1.88. The Morgan fingerprint density at radius 2 is 1.88 bits per heavy atom. The normalized spacial score (nSPS) is 11.1. The summed E-state index contributed by atoms with van der Waals surface area (Å²) in [6, 6.07) is 13.8. The van der Waals surface area contributed by atoms with Crippen molar-refractivity contribution >= 4 is 37.5 Å². The van der Waals surface area contributed by atoms with Crippen molar-refractivity contribution in [2.24, 2.45) is 0 Å². The van der Waals surface area contributed by atoms with Gasteiger partial charge in [0.1, 0.15) is 5.75 Å². The molecule has 0 spiro atoms. The fourth-order valence-electron chi connectivity index (χ4n) is 1.93. The number of hydrogen-bond acceptors (Lipinski definition) is 4. The molecule has 24 heavy (non-hydrogen) atoms. The molecule has 0 aliphatic rings. The monoisotopic (exact) mass is 412 g/mol. The van der Waals surface area contributed by atoms with Gasteiger partial charge in [-0.1, -0.05) is 34.1 Å². The van der Waals surface area contributed by atoms with Crippen LogP contribution in [0.2, 0.25) is 0 Å². The summed E-state index contributed by atoms with van der Waals surface area (Å²) in [5.41, 5.74) is 1.17. The summed E-state index contributed by atoms with van der Waals surface area (Å²) in [5.74, 6) is -0.0431. The summed E-state index contributed by atoms with van der Waals surface area (Å²) < 4.78 is 32.3. The molecule has 128 valence electrons. The van der Waals surface area contributed by atoms with Gasteiger partial charge in [-0.15, -0.1) is 0 Å². The highest BCUT2D eigenvalue weighted by Gasteiger charge is 2.13. The Morgan fingerprint density at radius 3 is 2.54 bits per heavy atom. The molecule has 2 rings (SSSR count). The summed E-state index contributed by atoms with van der Waals surface area (Å²) in [7, 11) is -2.07. The van der Waals surface area contributed by atoms with Gasteiger partial charge >= 0.3 is 0 Å². The molecule has 0 saturated heterocycles. The number of halogens is 1. The van der Waals surface area contributed by atoms with E-state index < -0.39 is 15.9 Å². The van der Waals surface area contributed by atoms with Gasteiger partial charge in [0.2, 0.25) is 15.9 Å². The molecule has 0 atom stereocenters. The minimum absolute atomic E-state index is 0.188. The maximum absolute atomic E-state index is 12.0. The summed E-state index contributed by atoms with van der Waals surface area (Å²) >= 11 is 3.29. The minimum Gasteiger partial charge on any atom is -0.497 e. The molecule has 0 unspecified atom stereocenters. The van der Waals surface area contributed by atoms with E-state index in [1.54, 1.807) is 48.5 Å². The number of benzene rings is 2. The Labute approximate surface area is 149 Å². The number of carbonyl (C=O) groups is 1. The lowest BCUT2D eigenvalue weighted by atomic mass is 10.2. The van der Waals surface area contributed by atoms with Gasteiger partial charge in [0, 0.05) is 16.2 Å². The molecule has 0 fully saturated rings. The molecule has 0 aromatic heterocycles. The van der Waals surface area contributed by atoms with Crippen LogP contribution < -0.4 is 14.8 Å². The number of sulfonamides is 1. The van der Waals surface area contributed by atoms with Gasteiger partial charge in [-0.05, 0) is 29.8 Å². The first-order valence-corrected chi connectivity index (χ1v) is 9.48. The maximum Gasteiger partial charge on any atom is 0.239 e. The first-order chi connectivity index (χ1) is 11.4. The number of amides is 1. The van der Waals surface area contributed by atoms with Crippen molar-refractivity contribution in [1.29, 1.82) is 0 Å². The summed E-state index contributed by atoms with van der Waals surface area (Å²) in [6.45, 7) is -0.337. The number of hydrogen-bond donors (Lipinski definition) is 2. The van der Waals surface area contributed by atoms with Crippen molar-refractivity contribution in [1.82, 2.24) is 4.72 Å². The Bertz CT molecular complexity index is 807. The van der Waals surface area contributed by atoms with E-state index in [0.29, 0.717) is 17.0 Å². The largest absolute Gasteiger partial charge is 0.497 e. The zero-order chi connectivity index (χ0) is 17.6. The number of carbonyl (C=O) groups excluding carboxylic acids is 1. The van der Waals surface area contributed by atoms with Crippen LogP contribution in [-0.2, 0) is 20.6 Å². The van der Waals surface area contributed by atoms with Crippen LogP contribution in [0.25, 0.3) is 0 Å². The fourth-order valence-corrected chi connectivity index (χ4v) is 3.28.